The Balaban J connectivity index is 1.18. The van der Waals surface area contributed by atoms with Gasteiger partial charge in [0.05, 0.1) is 0 Å². The normalized spacial score (nSPS) is 58.4. The van der Waals surface area contributed by atoms with Gasteiger partial charge < -0.3 is 4.90 Å². The molecule has 8 fully saturated rings. The lowest BCUT2D eigenvalue weighted by Gasteiger charge is -2.62. The third kappa shape index (κ3) is 2.36. The molecule has 8 rings (SSSR count). The standard InChI is InChI=1S/C23H37N/c1-22-10-19-7-20(11-22)13-23(12-19,15-22)2-3-24-14-18-5-16-4-17(6-18)9-21(24)8-16/h16-21H,2-15H2,1H3. The molecule has 8 bridgehead atoms. The average Bonchev–Trinajstić information content (AvgIpc) is 2.66. The predicted octanol–water partition coefficient (Wildman–Crippen LogP) is 5.49. The van der Waals surface area contributed by atoms with Crippen molar-refractivity contribution in [1.29, 1.82) is 0 Å². The topological polar surface area (TPSA) is 3.24 Å². The second kappa shape index (κ2) is 5.02. The van der Waals surface area contributed by atoms with Gasteiger partial charge in [0.15, 0.2) is 0 Å². The fourth-order valence-electron chi connectivity index (χ4n) is 9.76. The van der Waals surface area contributed by atoms with E-state index in [2.05, 4.69) is 11.8 Å². The van der Waals surface area contributed by atoms with Crippen LogP contribution in [0, 0.1) is 40.4 Å². The summed E-state index contributed by atoms with van der Waals surface area (Å²) in [6.07, 6.45) is 18.9. The van der Waals surface area contributed by atoms with Crippen LogP contribution in [-0.2, 0) is 0 Å². The molecule has 1 nitrogen and oxygen atoms in total. The van der Waals surface area contributed by atoms with Crippen LogP contribution in [0.15, 0.2) is 0 Å². The van der Waals surface area contributed by atoms with Crippen LogP contribution in [0.5, 0.6) is 0 Å². The van der Waals surface area contributed by atoms with Crippen LogP contribution in [0.3, 0.4) is 0 Å². The predicted molar refractivity (Wildman–Crippen MR) is 98.8 cm³/mol. The van der Waals surface area contributed by atoms with E-state index in [1.54, 1.807) is 77.0 Å². The largest absolute Gasteiger partial charge is 0.300 e. The molecule has 24 heavy (non-hydrogen) atoms. The van der Waals surface area contributed by atoms with E-state index >= 15 is 0 Å². The Morgan fingerprint density at radius 3 is 2.04 bits per heavy atom. The van der Waals surface area contributed by atoms with Crippen LogP contribution in [-0.4, -0.2) is 24.0 Å². The number of hydrogen-bond acceptors (Lipinski definition) is 1. The van der Waals surface area contributed by atoms with Gasteiger partial charge in [-0.05, 0) is 124 Å². The second-order valence-corrected chi connectivity index (χ2v) is 11.9. The summed E-state index contributed by atoms with van der Waals surface area (Å²) >= 11 is 0. The zero-order chi connectivity index (χ0) is 15.9. The molecule has 2 aliphatic heterocycles. The summed E-state index contributed by atoms with van der Waals surface area (Å²) in [4.78, 5) is 3.02. The first-order chi connectivity index (χ1) is 11.6. The van der Waals surface area contributed by atoms with E-state index < -0.39 is 0 Å². The molecule has 8 aliphatic rings. The van der Waals surface area contributed by atoms with E-state index in [9.17, 15) is 0 Å². The van der Waals surface area contributed by atoms with Gasteiger partial charge in [0.2, 0.25) is 0 Å². The monoisotopic (exact) mass is 327 g/mol. The Hall–Kier alpha value is -0.0400. The van der Waals surface area contributed by atoms with E-state index in [1.165, 1.54) is 13.1 Å². The highest BCUT2D eigenvalue weighted by Gasteiger charge is 2.55. The van der Waals surface area contributed by atoms with Crippen molar-refractivity contribution in [2.45, 2.75) is 90.0 Å². The summed E-state index contributed by atoms with van der Waals surface area (Å²) in [5.74, 6) is 5.49. The number of rotatable bonds is 3. The van der Waals surface area contributed by atoms with Gasteiger partial charge in [-0.25, -0.2) is 0 Å². The molecular weight excluding hydrogens is 290 g/mol. The molecule has 2 saturated heterocycles. The van der Waals surface area contributed by atoms with Crippen molar-refractivity contribution in [3.8, 4) is 0 Å². The molecule has 0 radical (unpaired) electrons. The highest BCUT2D eigenvalue weighted by atomic mass is 15.2. The van der Waals surface area contributed by atoms with E-state index in [-0.39, 0.29) is 0 Å². The SMILES string of the molecule is CC12CC3CC(C1)CC(CCN1CC4CC5CC(C4)CC1C5)(C3)C2. The van der Waals surface area contributed by atoms with Gasteiger partial charge in [-0.1, -0.05) is 6.92 Å². The summed E-state index contributed by atoms with van der Waals surface area (Å²) in [6, 6.07) is 0.978. The van der Waals surface area contributed by atoms with Gasteiger partial charge in [-0.2, -0.15) is 0 Å². The van der Waals surface area contributed by atoms with Crippen molar-refractivity contribution in [1.82, 2.24) is 4.90 Å². The van der Waals surface area contributed by atoms with Crippen molar-refractivity contribution in [3.05, 3.63) is 0 Å². The van der Waals surface area contributed by atoms with Crippen molar-refractivity contribution < 1.29 is 0 Å². The quantitative estimate of drug-likeness (QED) is 0.662. The highest BCUT2D eigenvalue weighted by molar-refractivity contribution is 5.06. The van der Waals surface area contributed by atoms with Crippen LogP contribution < -0.4 is 0 Å². The van der Waals surface area contributed by atoms with Crippen LogP contribution in [0.4, 0.5) is 0 Å². The van der Waals surface area contributed by atoms with Crippen molar-refractivity contribution >= 4 is 0 Å². The molecule has 6 saturated carbocycles. The summed E-state index contributed by atoms with van der Waals surface area (Å²) in [5, 5.41) is 0. The Labute approximate surface area is 148 Å². The fraction of sp³-hybridized carbons (Fsp3) is 1.00. The highest BCUT2D eigenvalue weighted by Crippen LogP contribution is 2.66. The summed E-state index contributed by atoms with van der Waals surface area (Å²) in [6.45, 7) is 5.57. The third-order valence-corrected chi connectivity index (χ3v) is 9.62. The minimum atomic E-state index is 0.737. The zero-order valence-corrected chi connectivity index (χ0v) is 15.8. The molecule has 4 unspecified atom stereocenters. The Morgan fingerprint density at radius 1 is 0.750 bits per heavy atom. The molecular formula is C23H37N. The second-order valence-electron chi connectivity index (χ2n) is 11.9. The number of nitrogens with zero attached hydrogens (tertiary/aromatic N) is 1. The first-order valence-corrected chi connectivity index (χ1v) is 11.3. The van der Waals surface area contributed by atoms with Crippen molar-refractivity contribution in [3.63, 3.8) is 0 Å². The molecule has 0 spiro atoms. The molecule has 0 aromatic rings. The van der Waals surface area contributed by atoms with E-state index in [1.807, 2.05) is 0 Å². The lowest BCUT2D eigenvalue weighted by molar-refractivity contribution is -0.108. The average molecular weight is 328 g/mol. The minimum absolute atomic E-state index is 0.737. The van der Waals surface area contributed by atoms with E-state index in [0.717, 1.165) is 46.5 Å². The molecule has 1 heteroatoms. The maximum atomic E-state index is 3.02. The van der Waals surface area contributed by atoms with Gasteiger partial charge >= 0.3 is 0 Å². The van der Waals surface area contributed by atoms with Crippen LogP contribution in [0.1, 0.15) is 84.0 Å². The first kappa shape index (κ1) is 15.1. The maximum absolute atomic E-state index is 3.02. The van der Waals surface area contributed by atoms with Crippen LogP contribution >= 0.6 is 0 Å². The van der Waals surface area contributed by atoms with Crippen LogP contribution in [0.25, 0.3) is 0 Å². The molecule has 0 N–H and O–H groups in total. The smallest absolute Gasteiger partial charge is 0.0101 e. The van der Waals surface area contributed by atoms with Gasteiger partial charge in [0.25, 0.3) is 0 Å². The first-order valence-electron chi connectivity index (χ1n) is 11.3. The van der Waals surface area contributed by atoms with Gasteiger partial charge in [0.1, 0.15) is 0 Å². The summed E-state index contributed by atoms with van der Waals surface area (Å²) in [5.41, 5.74) is 1.50. The summed E-state index contributed by atoms with van der Waals surface area (Å²) in [7, 11) is 0. The maximum Gasteiger partial charge on any atom is 0.0101 e. The Bertz CT molecular complexity index is 496. The lowest BCUT2D eigenvalue weighted by atomic mass is 9.44. The molecule has 2 heterocycles. The fourth-order valence-corrected chi connectivity index (χ4v) is 9.76. The Morgan fingerprint density at radius 2 is 1.38 bits per heavy atom. The van der Waals surface area contributed by atoms with Gasteiger partial charge in [-0.15, -0.1) is 0 Å². The Kier molecular flexibility index (Phi) is 3.15. The number of fused-ring (bicyclic) bond motifs is 1. The lowest BCUT2D eigenvalue weighted by Crippen LogP contribution is -2.52. The summed E-state index contributed by atoms with van der Waals surface area (Å²) < 4.78 is 0. The third-order valence-electron chi connectivity index (χ3n) is 9.62. The molecule has 0 aromatic heterocycles. The van der Waals surface area contributed by atoms with E-state index in [4.69, 9.17) is 0 Å². The van der Waals surface area contributed by atoms with Crippen molar-refractivity contribution in [2.75, 3.05) is 13.1 Å². The number of hydrogen-bond donors (Lipinski definition) is 0. The van der Waals surface area contributed by atoms with Crippen LogP contribution in [0.2, 0.25) is 0 Å². The van der Waals surface area contributed by atoms with Gasteiger partial charge in [0, 0.05) is 12.6 Å². The molecule has 4 atom stereocenters. The molecule has 134 valence electrons. The molecule has 0 aromatic carbocycles. The molecule has 0 amide bonds. The van der Waals surface area contributed by atoms with Gasteiger partial charge in [-0.3, -0.25) is 0 Å². The zero-order valence-electron chi connectivity index (χ0n) is 15.8. The minimum Gasteiger partial charge on any atom is -0.300 e. The van der Waals surface area contributed by atoms with Crippen molar-refractivity contribution in [2.24, 2.45) is 40.4 Å². The molecule has 6 aliphatic carbocycles. The van der Waals surface area contributed by atoms with E-state index in [0.29, 0.717) is 0 Å².